The summed E-state index contributed by atoms with van der Waals surface area (Å²) in [5, 5.41) is 2.88. The molecule has 0 aromatic heterocycles. The summed E-state index contributed by atoms with van der Waals surface area (Å²) in [7, 11) is 3.12. The number of hydrogen-bond acceptors (Lipinski definition) is 6. The topological polar surface area (TPSA) is 77.1 Å². The molecule has 2 amide bonds. The maximum atomic E-state index is 13.1. The van der Waals surface area contributed by atoms with E-state index in [9.17, 15) is 9.59 Å². The standard InChI is InChI=1S/C22H26N2O5S/c1-14(2)29-19-10-5-15(11-20(19)28-4)22(26)24-13-30-12-18(24)21(25)23-16-6-8-17(27-3)9-7-16/h5-11,14,18H,12-13H2,1-4H3,(H,23,25). The maximum absolute atomic E-state index is 13.1. The summed E-state index contributed by atoms with van der Waals surface area (Å²) in [5.74, 6) is 2.33. The summed E-state index contributed by atoms with van der Waals surface area (Å²) in [6.45, 7) is 3.85. The lowest BCUT2D eigenvalue weighted by Gasteiger charge is -2.23. The van der Waals surface area contributed by atoms with Gasteiger partial charge in [-0.15, -0.1) is 11.8 Å². The largest absolute Gasteiger partial charge is 0.497 e. The third kappa shape index (κ3) is 4.99. The fourth-order valence-corrected chi connectivity index (χ4v) is 4.23. The number of rotatable bonds is 7. The van der Waals surface area contributed by atoms with Gasteiger partial charge in [0.2, 0.25) is 5.91 Å². The lowest BCUT2D eigenvalue weighted by Crippen LogP contribution is -2.44. The minimum atomic E-state index is -0.554. The van der Waals surface area contributed by atoms with Crippen molar-refractivity contribution in [1.82, 2.24) is 4.90 Å². The van der Waals surface area contributed by atoms with Crippen LogP contribution in [-0.4, -0.2) is 54.7 Å². The van der Waals surface area contributed by atoms with Gasteiger partial charge in [-0.3, -0.25) is 9.59 Å². The summed E-state index contributed by atoms with van der Waals surface area (Å²) in [6.07, 6.45) is -0.0125. The molecular weight excluding hydrogens is 404 g/mol. The van der Waals surface area contributed by atoms with Crippen LogP contribution in [0.3, 0.4) is 0 Å². The van der Waals surface area contributed by atoms with Gasteiger partial charge in [-0.25, -0.2) is 0 Å². The molecule has 1 saturated heterocycles. The van der Waals surface area contributed by atoms with Crippen LogP contribution in [0.15, 0.2) is 42.5 Å². The van der Waals surface area contributed by atoms with E-state index >= 15 is 0 Å². The number of carbonyl (C=O) groups is 2. The van der Waals surface area contributed by atoms with Crippen molar-refractivity contribution in [2.45, 2.75) is 26.0 Å². The van der Waals surface area contributed by atoms with Crippen molar-refractivity contribution in [2.75, 3.05) is 31.2 Å². The first-order valence-corrected chi connectivity index (χ1v) is 10.8. The second-order valence-corrected chi connectivity index (χ2v) is 8.04. The Kier molecular flexibility index (Phi) is 7.10. The summed E-state index contributed by atoms with van der Waals surface area (Å²) < 4.78 is 16.2. The van der Waals surface area contributed by atoms with Crippen molar-refractivity contribution < 1.29 is 23.8 Å². The zero-order chi connectivity index (χ0) is 21.7. The Bertz CT molecular complexity index is 901. The molecule has 0 radical (unpaired) electrons. The number of thioether (sulfide) groups is 1. The first-order valence-electron chi connectivity index (χ1n) is 9.61. The van der Waals surface area contributed by atoms with Crippen molar-refractivity contribution in [2.24, 2.45) is 0 Å². The third-order valence-electron chi connectivity index (χ3n) is 4.58. The van der Waals surface area contributed by atoms with Gasteiger partial charge in [0, 0.05) is 17.0 Å². The van der Waals surface area contributed by atoms with Crippen LogP contribution in [0.1, 0.15) is 24.2 Å². The molecule has 2 aromatic rings. The molecule has 1 aliphatic rings. The fourth-order valence-electron chi connectivity index (χ4n) is 3.08. The lowest BCUT2D eigenvalue weighted by molar-refractivity contribution is -0.119. The Morgan fingerprint density at radius 3 is 2.43 bits per heavy atom. The van der Waals surface area contributed by atoms with Gasteiger partial charge in [-0.05, 0) is 56.3 Å². The molecule has 0 saturated carbocycles. The van der Waals surface area contributed by atoms with Crippen LogP contribution < -0.4 is 19.5 Å². The zero-order valence-corrected chi connectivity index (χ0v) is 18.3. The fraction of sp³-hybridized carbons (Fsp3) is 0.364. The van der Waals surface area contributed by atoms with Crippen molar-refractivity contribution in [3.63, 3.8) is 0 Å². The maximum Gasteiger partial charge on any atom is 0.255 e. The zero-order valence-electron chi connectivity index (χ0n) is 17.5. The Labute approximate surface area is 180 Å². The van der Waals surface area contributed by atoms with E-state index in [4.69, 9.17) is 14.2 Å². The van der Waals surface area contributed by atoms with E-state index in [-0.39, 0.29) is 17.9 Å². The summed E-state index contributed by atoms with van der Waals surface area (Å²) >= 11 is 1.55. The summed E-state index contributed by atoms with van der Waals surface area (Å²) in [5.41, 5.74) is 1.11. The minimum Gasteiger partial charge on any atom is -0.497 e. The molecule has 160 valence electrons. The minimum absolute atomic E-state index is 0.0125. The highest BCUT2D eigenvalue weighted by atomic mass is 32.2. The van der Waals surface area contributed by atoms with Crippen LogP contribution in [0.2, 0.25) is 0 Å². The lowest BCUT2D eigenvalue weighted by atomic mass is 10.1. The second kappa shape index (κ2) is 9.75. The number of amides is 2. The van der Waals surface area contributed by atoms with E-state index in [1.54, 1.807) is 66.2 Å². The van der Waals surface area contributed by atoms with Gasteiger partial charge in [-0.2, -0.15) is 0 Å². The van der Waals surface area contributed by atoms with Gasteiger partial charge in [0.25, 0.3) is 5.91 Å². The summed E-state index contributed by atoms with van der Waals surface area (Å²) in [4.78, 5) is 27.5. The highest BCUT2D eigenvalue weighted by molar-refractivity contribution is 7.99. The Balaban J connectivity index is 1.73. The Morgan fingerprint density at radius 2 is 1.80 bits per heavy atom. The molecule has 1 unspecified atom stereocenters. The highest BCUT2D eigenvalue weighted by Crippen LogP contribution is 2.31. The number of benzene rings is 2. The van der Waals surface area contributed by atoms with E-state index < -0.39 is 6.04 Å². The van der Waals surface area contributed by atoms with Crippen LogP contribution in [0.5, 0.6) is 17.2 Å². The number of methoxy groups -OCH3 is 2. The van der Waals surface area contributed by atoms with E-state index in [2.05, 4.69) is 5.32 Å². The van der Waals surface area contributed by atoms with Crippen LogP contribution in [0.4, 0.5) is 5.69 Å². The molecule has 2 aromatic carbocycles. The predicted molar refractivity (Wildman–Crippen MR) is 118 cm³/mol. The number of hydrogen-bond donors (Lipinski definition) is 1. The van der Waals surface area contributed by atoms with Crippen LogP contribution in [0, 0.1) is 0 Å². The molecule has 7 nitrogen and oxygen atoms in total. The van der Waals surface area contributed by atoms with E-state index in [1.807, 2.05) is 13.8 Å². The van der Waals surface area contributed by atoms with Crippen molar-refractivity contribution >= 4 is 29.3 Å². The van der Waals surface area contributed by atoms with Gasteiger partial charge in [0.1, 0.15) is 11.8 Å². The number of nitrogens with zero attached hydrogens (tertiary/aromatic N) is 1. The third-order valence-corrected chi connectivity index (χ3v) is 5.59. The van der Waals surface area contributed by atoms with Gasteiger partial charge < -0.3 is 24.4 Å². The SMILES string of the molecule is COc1ccc(NC(=O)C2CSCN2C(=O)c2ccc(OC(C)C)c(OC)c2)cc1. The Morgan fingerprint density at radius 1 is 1.07 bits per heavy atom. The first kappa shape index (κ1) is 21.8. The number of carbonyl (C=O) groups excluding carboxylic acids is 2. The molecule has 1 fully saturated rings. The molecule has 3 rings (SSSR count). The molecule has 8 heteroatoms. The molecule has 1 N–H and O–H groups in total. The van der Waals surface area contributed by atoms with Crippen LogP contribution >= 0.6 is 11.8 Å². The smallest absolute Gasteiger partial charge is 0.255 e. The normalized spacial score (nSPS) is 15.8. The van der Waals surface area contributed by atoms with Crippen molar-refractivity contribution in [1.29, 1.82) is 0 Å². The average molecular weight is 431 g/mol. The van der Waals surface area contributed by atoms with Crippen LogP contribution in [0.25, 0.3) is 0 Å². The predicted octanol–water partition coefficient (Wildman–Crippen LogP) is 3.64. The first-order chi connectivity index (χ1) is 14.4. The van der Waals surface area contributed by atoms with Gasteiger partial charge in [0.15, 0.2) is 11.5 Å². The van der Waals surface area contributed by atoms with E-state index in [0.717, 1.165) is 0 Å². The van der Waals surface area contributed by atoms with Crippen molar-refractivity contribution in [3.05, 3.63) is 48.0 Å². The van der Waals surface area contributed by atoms with Crippen LogP contribution in [-0.2, 0) is 4.79 Å². The van der Waals surface area contributed by atoms with Gasteiger partial charge >= 0.3 is 0 Å². The van der Waals surface area contributed by atoms with E-state index in [0.29, 0.717) is 40.1 Å². The highest BCUT2D eigenvalue weighted by Gasteiger charge is 2.35. The molecule has 1 aliphatic heterocycles. The monoisotopic (exact) mass is 430 g/mol. The second-order valence-electron chi connectivity index (χ2n) is 7.04. The molecule has 0 spiro atoms. The van der Waals surface area contributed by atoms with Crippen molar-refractivity contribution in [3.8, 4) is 17.2 Å². The molecule has 1 heterocycles. The number of ether oxygens (including phenoxy) is 3. The quantitative estimate of drug-likeness (QED) is 0.723. The van der Waals surface area contributed by atoms with E-state index in [1.165, 1.54) is 7.11 Å². The van der Waals surface area contributed by atoms with Gasteiger partial charge in [-0.1, -0.05) is 0 Å². The molecule has 0 bridgehead atoms. The summed E-state index contributed by atoms with van der Waals surface area (Å²) in [6, 6.07) is 11.6. The molecule has 30 heavy (non-hydrogen) atoms. The molecule has 1 atom stereocenters. The average Bonchev–Trinajstić information content (AvgIpc) is 3.23. The van der Waals surface area contributed by atoms with Gasteiger partial charge in [0.05, 0.1) is 26.2 Å². The molecular formula is C22H26N2O5S. The Hall–Kier alpha value is -2.87. The number of nitrogens with one attached hydrogen (secondary N) is 1. The molecule has 0 aliphatic carbocycles. The number of anilines is 1.